The number of amides is 1. The molecule has 5 heteroatoms. The molecule has 2 aromatic carbocycles. The van der Waals surface area contributed by atoms with Gasteiger partial charge in [-0.3, -0.25) is 9.89 Å². The first kappa shape index (κ1) is 13.3. The molecule has 3 rings (SSSR count). The zero-order valence-electron chi connectivity index (χ0n) is 11.4. The highest BCUT2D eigenvalue weighted by atomic mass is 16.2. The van der Waals surface area contributed by atoms with Crippen LogP contribution >= 0.6 is 0 Å². The molecule has 0 saturated heterocycles. The van der Waals surface area contributed by atoms with Crippen molar-refractivity contribution in [3.05, 3.63) is 60.3 Å². The normalized spacial score (nSPS) is 12.2. The second kappa shape index (κ2) is 5.76. The van der Waals surface area contributed by atoms with Gasteiger partial charge in [-0.25, -0.2) is 0 Å². The molecule has 0 saturated carbocycles. The predicted molar refractivity (Wildman–Crippen MR) is 82.8 cm³/mol. The van der Waals surface area contributed by atoms with E-state index in [1.54, 1.807) is 6.20 Å². The summed E-state index contributed by atoms with van der Waals surface area (Å²) in [6.07, 6.45) is 2.25. The minimum Gasteiger partial charge on any atom is -0.325 e. The molecule has 0 aliphatic rings. The fraction of sp³-hybridized carbons (Fsp3) is 0.125. The standard InChI is InChI=1S/C16H16N4O/c17-14(8-11-4-2-1-3-5-11)16(21)19-13-7-6-12-10-18-20-15(12)9-13/h1-7,9-10,14H,8,17H2,(H,18,20)(H,19,21). The molecule has 1 amide bonds. The number of nitrogens with zero attached hydrogens (tertiary/aromatic N) is 1. The monoisotopic (exact) mass is 280 g/mol. The van der Waals surface area contributed by atoms with E-state index in [1.165, 1.54) is 0 Å². The van der Waals surface area contributed by atoms with Crippen molar-refractivity contribution in [1.29, 1.82) is 0 Å². The number of hydrogen-bond donors (Lipinski definition) is 3. The van der Waals surface area contributed by atoms with Crippen molar-refractivity contribution < 1.29 is 4.79 Å². The minimum absolute atomic E-state index is 0.197. The summed E-state index contributed by atoms with van der Waals surface area (Å²) in [4.78, 5) is 12.1. The van der Waals surface area contributed by atoms with Gasteiger partial charge in [-0.2, -0.15) is 5.10 Å². The first-order valence-corrected chi connectivity index (χ1v) is 6.76. The fourth-order valence-corrected chi connectivity index (χ4v) is 2.21. The van der Waals surface area contributed by atoms with Crippen LogP contribution in [0, 0.1) is 0 Å². The van der Waals surface area contributed by atoms with E-state index < -0.39 is 6.04 Å². The van der Waals surface area contributed by atoms with Crippen LogP contribution in [-0.2, 0) is 11.2 Å². The van der Waals surface area contributed by atoms with Crippen molar-refractivity contribution >= 4 is 22.5 Å². The van der Waals surface area contributed by atoms with Gasteiger partial charge in [0.2, 0.25) is 5.91 Å². The van der Waals surface area contributed by atoms with Crippen LogP contribution in [0.4, 0.5) is 5.69 Å². The number of carbonyl (C=O) groups excluding carboxylic acids is 1. The molecule has 0 aliphatic heterocycles. The molecule has 0 bridgehead atoms. The van der Waals surface area contributed by atoms with Gasteiger partial charge in [0.05, 0.1) is 17.8 Å². The molecule has 0 aliphatic carbocycles. The fourth-order valence-electron chi connectivity index (χ4n) is 2.21. The van der Waals surface area contributed by atoms with E-state index in [0.29, 0.717) is 12.1 Å². The highest BCUT2D eigenvalue weighted by Gasteiger charge is 2.14. The van der Waals surface area contributed by atoms with Gasteiger partial charge in [0.1, 0.15) is 0 Å². The van der Waals surface area contributed by atoms with Gasteiger partial charge >= 0.3 is 0 Å². The summed E-state index contributed by atoms with van der Waals surface area (Å²) in [5, 5.41) is 10.7. The van der Waals surface area contributed by atoms with Crippen LogP contribution in [0.3, 0.4) is 0 Å². The SMILES string of the molecule is NC(Cc1ccccc1)C(=O)Nc1ccc2cn[nH]c2c1. The number of fused-ring (bicyclic) bond motifs is 1. The van der Waals surface area contributed by atoms with Crippen molar-refractivity contribution in [3.63, 3.8) is 0 Å². The average molecular weight is 280 g/mol. The van der Waals surface area contributed by atoms with Crippen molar-refractivity contribution in [2.75, 3.05) is 5.32 Å². The average Bonchev–Trinajstić information content (AvgIpc) is 2.95. The third kappa shape index (κ3) is 3.09. The Morgan fingerprint density at radius 2 is 2.05 bits per heavy atom. The summed E-state index contributed by atoms with van der Waals surface area (Å²) in [5.41, 5.74) is 8.59. The number of H-pyrrole nitrogens is 1. The maximum atomic E-state index is 12.1. The van der Waals surface area contributed by atoms with Crippen LogP contribution in [0.25, 0.3) is 10.9 Å². The van der Waals surface area contributed by atoms with Crippen LogP contribution in [-0.4, -0.2) is 22.1 Å². The number of nitrogens with one attached hydrogen (secondary N) is 2. The number of aromatic amines is 1. The number of hydrogen-bond acceptors (Lipinski definition) is 3. The molecule has 5 nitrogen and oxygen atoms in total. The van der Waals surface area contributed by atoms with Gasteiger partial charge in [-0.15, -0.1) is 0 Å². The molecule has 1 unspecified atom stereocenters. The Balaban J connectivity index is 1.67. The van der Waals surface area contributed by atoms with Gasteiger partial charge < -0.3 is 11.1 Å². The third-order valence-corrected chi connectivity index (χ3v) is 3.34. The van der Waals surface area contributed by atoms with Gasteiger partial charge in [0.15, 0.2) is 0 Å². The Hall–Kier alpha value is -2.66. The first-order valence-electron chi connectivity index (χ1n) is 6.76. The lowest BCUT2D eigenvalue weighted by Gasteiger charge is -2.12. The Morgan fingerprint density at radius 3 is 2.86 bits per heavy atom. The molecule has 106 valence electrons. The van der Waals surface area contributed by atoms with E-state index in [4.69, 9.17) is 5.73 Å². The molecule has 0 spiro atoms. The third-order valence-electron chi connectivity index (χ3n) is 3.34. The first-order chi connectivity index (χ1) is 10.2. The number of nitrogens with two attached hydrogens (primary N) is 1. The number of benzene rings is 2. The maximum absolute atomic E-state index is 12.1. The van der Waals surface area contributed by atoms with Crippen LogP contribution in [0.5, 0.6) is 0 Å². The van der Waals surface area contributed by atoms with Crippen LogP contribution < -0.4 is 11.1 Å². The Morgan fingerprint density at radius 1 is 1.24 bits per heavy atom. The second-order valence-corrected chi connectivity index (χ2v) is 4.96. The molecule has 1 aromatic heterocycles. The Labute approximate surface area is 122 Å². The minimum atomic E-state index is -0.579. The zero-order chi connectivity index (χ0) is 14.7. The van der Waals surface area contributed by atoms with Crippen molar-refractivity contribution in [2.45, 2.75) is 12.5 Å². The van der Waals surface area contributed by atoms with Crippen LogP contribution in [0.1, 0.15) is 5.56 Å². The van der Waals surface area contributed by atoms with E-state index in [9.17, 15) is 4.79 Å². The molecular formula is C16H16N4O. The molecule has 4 N–H and O–H groups in total. The highest BCUT2D eigenvalue weighted by Crippen LogP contribution is 2.16. The largest absolute Gasteiger partial charge is 0.325 e. The van der Waals surface area contributed by atoms with Gasteiger partial charge in [-0.1, -0.05) is 30.3 Å². The molecule has 1 atom stereocenters. The molecular weight excluding hydrogens is 264 g/mol. The molecule has 3 aromatic rings. The van der Waals surface area contributed by atoms with Crippen molar-refractivity contribution in [1.82, 2.24) is 10.2 Å². The number of rotatable bonds is 4. The lowest BCUT2D eigenvalue weighted by Crippen LogP contribution is -2.37. The molecule has 0 fully saturated rings. The molecule has 0 radical (unpaired) electrons. The maximum Gasteiger partial charge on any atom is 0.241 e. The quantitative estimate of drug-likeness (QED) is 0.684. The summed E-state index contributed by atoms with van der Waals surface area (Å²) in [7, 11) is 0. The van der Waals surface area contributed by atoms with Crippen LogP contribution in [0.15, 0.2) is 54.7 Å². The van der Waals surface area contributed by atoms with Crippen molar-refractivity contribution in [2.24, 2.45) is 5.73 Å². The molecule has 1 heterocycles. The Bertz CT molecular complexity index is 751. The number of anilines is 1. The van der Waals surface area contributed by atoms with Crippen molar-refractivity contribution in [3.8, 4) is 0 Å². The van der Waals surface area contributed by atoms with Gasteiger partial charge in [0, 0.05) is 11.1 Å². The van der Waals surface area contributed by atoms with E-state index >= 15 is 0 Å². The smallest absolute Gasteiger partial charge is 0.241 e. The molecule has 21 heavy (non-hydrogen) atoms. The summed E-state index contributed by atoms with van der Waals surface area (Å²) in [6, 6.07) is 14.7. The lowest BCUT2D eigenvalue weighted by molar-refractivity contribution is -0.117. The van der Waals surface area contributed by atoms with Crippen LogP contribution in [0.2, 0.25) is 0 Å². The lowest BCUT2D eigenvalue weighted by atomic mass is 10.1. The van der Waals surface area contributed by atoms with E-state index in [2.05, 4.69) is 15.5 Å². The topological polar surface area (TPSA) is 83.8 Å². The highest BCUT2D eigenvalue weighted by molar-refractivity contribution is 5.96. The zero-order valence-corrected chi connectivity index (χ0v) is 11.4. The van der Waals surface area contributed by atoms with Gasteiger partial charge in [-0.05, 0) is 30.2 Å². The van der Waals surface area contributed by atoms with E-state index in [-0.39, 0.29) is 5.91 Å². The predicted octanol–water partition coefficient (Wildman–Crippen LogP) is 2.07. The summed E-state index contributed by atoms with van der Waals surface area (Å²) in [6.45, 7) is 0. The number of carbonyl (C=O) groups is 1. The van der Waals surface area contributed by atoms with E-state index in [0.717, 1.165) is 16.5 Å². The van der Waals surface area contributed by atoms with Gasteiger partial charge in [0.25, 0.3) is 0 Å². The summed E-state index contributed by atoms with van der Waals surface area (Å²) in [5.74, 6) is -0.197. The Kier molecular flexibility index (Phi) is 3.66. The number of aromatic nitrogens is 2. The van der Waals surface area contributed by atoms with E-state index in [1.807, 2.05) is 48.5 Å². The summed E-state index contributed by atoms with van der Waals surface area (Å²) < 4.78 is 0. The second-order valence-electron chi connectivity index (χ2n) is 4.96. The summed E-state index contributed by atoms with van der Waals surface area (Å²) >= 11 is 0.